The van der Waals surface area contributed by atoms with Crippen molar-refractivity contribution in [3.05, 3.63) is 23.8 Å². The van der Waals surface area contributed by atoms with Crippen LogP contribution in [0.2, 0.25) is 0 Å². The van der Waals surface area contributed by atoms with Gasteiger partial charge in [0.15, 0.2) is 0 Å². The fraction of sp³-hybridized carbons (Fsp3) is 0.667. The number of benzene rings is 1. The van der Waals surface area contributed by atoms with Crippen molar-refractivity contribution < 1.29 is 0 Å². The first-order chi connectivity index (χ1) is 9.65. The van der Waals surface area contributed by atoms with Gasteiger partial charge in [0.2, 0.25) is 0 Å². The van der Waals surface area contributed by atoms with E-state index in [-0.39, 0.29) is 0 Å². The highest BCUT2D eigenvalue weighted by Crippen LogP contribution is 2.33. The van der Waals surface area contributed by atoms with Gasteiger partial charge in [0.1, 0.15) is 0 Å². The highest BCUT2D eigenvalue weighted by molar-refractivity contribution is 5.62. The van der Waals surface area contributed by atoms with Crippen LogP contribution in [0.5, 0.6) is 0 Å². The summed E-state index contributed by atoms with van der Waals surface area (Å²) in [6, 6.07) is 8.33. The largest absolute Gasteiger partial charge is 0.382 e. The number of fused-ring (bicyclic) bond motifs is 1. The predicted octanol–water partition coefficient (Wildman–Crippen LogP) is 4.45. The van der Waals surface area contributed by atoms with Crippen LogP contribution in [0.3, 0.4) is 0 Å². The Labute approximate surface area is 123 Å². The zero-order chi connectivity index (χ0) is 14.1. The van der Waals surface area contributed by atoms with Crippen LogP contribution < -0.4 is 10.2 Å². The van der Waals surface area contributed by atoms with Crippen molar-refractivity contribution in [2.75, 3.05) is 17.3 Å². The molecule has 20 heavy (non-hydrogen) atoms. The van der Waals surface area contributed by atoms with Gasteiger partial charge in [0, 0.05) is 30.5 Å². The van der Waals surface area contributed by atoms with E-state index in [1.807, 2.05) is 0 Å². The van der Waals surface area contributed by atoms with Crippen molar-refractivity contribution in [3.63, 3.8) is 0 Å². The molecule has 0 aromatic heterocycles. The van der Waals surface area contributed by atoms with Gasteiger partial charge in [-0.3, -0.25) is 0 Å². The summed E-state index contributed by atoms with van der Waals surface area (Å²) in [4.78, 5) is 2.53. The molecule has 2 aliphatic rings. The molecule has 1 saturated carbocycles. The van der Waals surface area contributed by atoms with Gasteiger partial charge < -0.3 is 10.2 Å². The van der Waals surface area contributed by atoms with Crippen LogP contribution in [-0.2, 0) is 6.42 Å². The molecular formula is C18H28N2. The van der Waals surface area contributed by atoms with Gasteiger partial charge in [-0.2, -0.15) is 0 Å². The number of anilines is 2. The fourth-order valence-corrected chi connectivity index (χ4v) is 3.92. The number of nitrogens with zero attached hydrogens (tertiary/aromatic N) is 1. The number of rotatable bonds is 2. The Bertz CT molecular complexity index is 468. The Kier molecular flexibility index (Phi) is 3.91. The van der Waals surface area contributed by atoms with E-state index in [4.69, 9.17) is 0 Å². The van der Waals surface area contributed by atoms with Crippen LogP contribution >= 0.6 is 0 Å². The van der Waals surface area contributed by atoms with Gasteiger partial charge >= 0.3 is 0 Å². The lowest BCUT2D eigenvalue weighted by Crippen LogP contribution is -2.39. The summed E-state index contributed by atoms with van der Waals surface area (Å²) in [6.07, 6.45) is 8.01. The van der Waals surface area contributed by atoms with Crippen molar-refractivity contribution in [2.24, 2.45) is 5.92 Å². The Morgan fingerprint density at radius 3 is 2.70 bits per heavy atom. The van der Waals surface area contributed by atoms with Crippen LogP contribution in [0.25, 0.3) is 0 Å². The molecule has 110 valence electrons. The highest BCUT2D eigenvalue weighted by atomic mass is 15.1. The molecule has 1 aliphatic heterocycles. The zero-order valence-electron chi connectivity index (χ0n) is 13.2. The van der Waals surface area contributed by atoms with Crippen molar-refractivity contribution in [1.82, 2.24) is 0 Å². The lowest BCUT2D eigenvalue weighted by molar-refractivity contribution is 0.321. The van der Waals surface area contributed by atoms with Gasteiger partial charge in [-0.25, -0.2) is 0 Å². The van der Waals surface area contributed by atoms with Crippen LogP contribution in [0, 0.1) is 5.92 Å². The highest BCUT2D eigenvalue weighted by Gasteiger charge is 2.25. The first kappa shape index (κ1) is 13.8. The predicted molar refractivity (Wildman–Crippen MR) is 87.7 cm³/mol. The third-order valence-corrected chi connectivity index (χ3v) is 5.31. The third-order valence-electron chi connectivity index (χ3n) is 5.31. The Morgan fingerprint density at radius 2 is 1.90 bits per heavy atom. The average Bonchev–Trinajstić information content (AvgIpc) is 2.46. The Balaban J connectivity index is 1.80. The molecule has 0 radical (unpaired) electrons. The normalized spacial score (nSPS) is 29.4. The molecule has 2 heteroatoms. The van der Waals surface area contributed by atoms with Crippen molar-refractivity contribution >= 4 is 11.4 Å². The van der Waals surface area contributed by atoms with E-state index in [0.717, 1.165) is 12.0 Å². The molecule has 1 aliphatic carbocycles. The minimum Gasteiger partial charge on any atom is -0.382 e. The second kappa shape index (κ2) is 5.67. The summed E-state index contributed by atoms with van der Waals surface area (Å²) >= 11 is 0. The summed E-state index contributed by atoms with van der Waals surface area (Å²) < 4.78 is 0. The Hall–Kier alpha value is -1.18. The minimum absolute atomic E-state index is 0.615. The van der Waals surface area contributed by atoms with Crippen LogP contribution in [0.1, 0.15) is 51.5 Å². The van der Waals surface area contributed by atoms with E-state index in [0.29, 0.717) is 6.04 Å². The summed E-state index contributed by atoms with van der Waals surface area (Å²) in [5, 5.41) is 3.60. The smallest absolute Gasteiger partial charge is 0.0376 e. The van der Waals surface area contributed by atoms with E-state index >= 15 is 0 Å². The maximum atomic E-state index is 3.60. The first-order valence-corrected chi connectivity index (χ1v) is 8.27. The first-order valence-electron chi connectivity index (χ1n) is 8.27. The molecule has 1 N–H and O–H groups in total. The van der Waals surface area contributed by atoms with Gasteiger partial charge in [0.05, 0.1) is 0 Å². The molecule has 3 unspecified atom stereocenters. The molecule has 0 saturated heterocycles. The zero-order valence-corrected chi connectivity index (χ0v) is 13.2. The van der Waals surface area contributed by atoms with E-state index in [2.05, 4.69) is 49.3 Å². The molecule has 3 atom stereocenters. The van der Waals surface area contributed by atoms with Gasteiger partial charge in [-0.05, 0) is 62.3 Å². The van der Waals surface area contributed by atoms with Crippen LogP contribution in [0.4, 0.5) is 11.4 Å². The van der Waals surface area contributed by atoms with Crippen molar-refractivity contribution in [3.8, 4) is 0 Å². The number of hydrogen-bond donors (Lipinski definition) is 1. The summed E-state index contributed by atoms with van der Waals surface area (Å²) in [5.74, 6) is 0.822. The molecule has 0 amide bonds. The van der Waals surface area contributed by atoms with E-state index < -0.39 is 0 Å². The molecular weight excluding hydrogens is 244 g/mol. The van der Waals surface area contributed by atoms with Gasteiger partial charge in [0.25, 0.3) is 0 Å². The SMILES string of the molecule is CC1CCc2cc(N(C)C3CCCCC3C)ccc2N1. The monoisotopic (exact) mass is 272 g/mol. The van der Waals surface area contributed by atoms with E-state index in [1.54, 1.807) is 0 Å². The molecule has 0 spiro atoms. The van der Waals surface area contributed by atoms with Crippen molar-refractivity contribution in [1.29, 1.82) is 0 Å². The summed E-state index contributed by atoms with van der Waals surface area (Å²) in [6.45, 7) is 4.69. The molecule has 1 fully saturated rings. The average molecular weight is 272 g/mol. The van der Waals surface area contributed by atoms with Crippen molar-refractivity contribution in [2.45, 2.75) is 64.5 Å². The molecule has 1 aromatic carbocycles. The standard InChI is InChI=1S/C18H28N2/c1-13-6-4-5-7-18(13)20(3)16-10-11-17-15(12-16)9-8-14(2)19-17/h10-14,18-19H,4-9H2,1-3H3. The maximum Gasteiger partial charge on any atom is 0.0376 e. The lowest BCUT2D eigenvalue weighted by Gasteiger charge is -2.38. The van der Waals surface area contributed by atoms with E-state index in [9.17, 15) is 0 Å². The number of hydrogen-bond acceptors (Lipinski definition) is 2. The van der Waals surface area contributed by atoms with Gasteiger partial charge in [-0.15, -0.1) is 0 Å². The number of aryl methyl sites for hydroxylation is 1. The summed E-state index contributed by atoms with van der Waals surface area (Å²) in [5.41, 5.74) is 4.24. The Morgan fingerprint density at radius 1 is 1.10 bits per heavy atom. The van der Waals surface area contributed by atoms with Gasteiger partial charge in [-0.1, -0.05) is 19.8 Å². The second-order valence-electron chi connectivity index (χ2n) is 6.87. The third kappa shape index (κ3) is 2.65. The number of nitrogens with one attached hydrogen (secondary N) is 1. The molecule has 0 bridgehead atoms. The maximum absolute atomic E-state index is 3.60. The molecule has 3 rings (SSSR count). The van der Waals surface area contributed by atoms with E-state index in [1.165, 1.54) is 55.5 Å². The van der Waals surface area contributed by atoms with Crippen LogP contribution in [-0.4, -0.2) is 19.1 Å². The summed E-state index contributed by atoms with van der Waals surface area (Å²) in [7, 11) is 2.28. The minimum atomic E-state index is 0.615. The molecule has 1 aromatic rings. The topological polar surface area (TPSA) is 15.3 Å². The van der Waals surface area contributed by atoms with Crippen LogP contribution in [0.15, 0.2) is 18.2 Å². The second-order valence-corrected chi connectivity index (χ2v) is 6.87. The lowest BCUT2D eigenvalue weighted by atomic mass is 9.85. The fourth-order valence-electron chi connectivity index (χ4n) is 3.92. The quantitative estimate of drug-likeness (QED) is 0.855. The molecule has 2 nitrogen and oxygen atoms in total. The molecule has 1 heterocycles.